The summed E-state index contributed by atoms with van der Waals surface area (Å²) in [6.45, 7) is 3.76. The van der Waals surface area contributed by atoms with Crippen molar-refractivity contribution in [1.29, 1.82) is 0 Å². The maximum Gasteiger partial charge on any atom is 0.332 e. The second-order valence-electron chi connectivity index (χ2n) is 3.82. The van der Waals surface area contributed by atoms with Crippen molar-refractivity contribution in [1.82, 2.24) is 0 Å². The smallest absolute Gasteiger partial charge is 0.332 e. The van der Waals surface area contributed by atoms with Gasteiger partial charge in [0.2, 0.25) is 0 Å². The van der Waals surface area contributed by atoms with Crippen LogP contribution >= 0.6 is 0 Å². The Morgan fingerprint density at radius 3 is 1.82 bits per heavy atom. The molecule has 1 unspecified atom stereocenters. The fraction of sp³-hybridized carbons (Fsp3) is 0.833. The molecule has 0 aliphatic rings. The lowest BCUT2D eigenvalue weighted by Gasteiger charge is -1.95. The van der Waals surface area contributed by atoms with Crippen LogP contribution in [0.4, 0.5) is 0 Å². The monoisotopic (exact) mass is 248 g/mol. The van der Waals surface area contributed by atoms with Crippen LogP contribution in [0.15, 0.2) is 0 Å². The molecular weight excluding hydrogens is 224 g/mol. The van der Waals surface area contributed by atoms with Crippen LogP contribution in [0.3, 0.4) is 0 Å². The third-order valence-electron chi connectivity index (χ3n) is 2.17. The van der Waals surface area contributed by atoms with Gasteiger partial charge in [0.1, 0.15) is 0 Å². The average Bonchev–Trinajstić information content (AvgIpc) is 2.28. The molecule has 0 radical (unpaired) electrons. The van der Waals surface area contributed by atoms with Gasteiger partial charge in [-0.05, 0) is 12.8 Å². The maximum atomic E-state index is 10.0. The van der Waals surface area contributed by atoms with E-state index in [9.17, 15) is 9.59 Å². The molecule has 3 N–H and O–H groups in total. The third-order valence-corrected chi connectivity index (χ3v) is 2.17. The lowest BCUT2D eigenvalue weighted by atomic mass is 10.1. The number of unbranched alkanes of at least 4 members (excludes halogenated alkanes) is 4. The van der Waals surface area contributed by atoms with Crippen molar-refractivity contribution < 1.29 is 24.9 Å². The molecule has 0 fully saturated rings. The van der Waals surface area contributed by atoms with Crippen molar-refractivity contribution in [2.45, 2.75) is 64.9 Å². The summed E-state index contributed by atoms with van der Waals surface area (Å²) in [5.74, 6) is -1.82. The van der Waals surface area contributed by atoms with Gasteiger partial charge in [-0.1, -0.05) is 39.5 Å². The van der Waals surface area contributed by atoms with E-state index in [4.69, 9.17) is 15.3 Å². The molecule has 0 spiro atoms. The number of hydrogen-bond acceptors (Lipinski definition) is 3. The van der Waals surface area contributed by atoms with Gasteiger partial charge in [0.25, 0.3) is 0 Å². The Morgan fingerprint density at radius 2 is 1.53 bits per heavy atom. The first-order valence-electron chi connectivity index (χ1n) is 6.08. The number of rotatable bonds is 8. The van der Waals surface area contributed by atoms with Gasteiger partial charge in [-0.25, -0.2) is 4.79 Å². The van der Waals surface area contributed by atoms with Crippen LogP contribution in [0.5, 0.6) is 0 Å². The first-order valence-corrected chi connectivity index (χ1v) is 6.08. The van der Waals surface area contributed by atoms with Crippen molar-refractivity contribution in [3.63, 3.8) is 0 Å². The minimum atomic E-state index is -1.18. The molecule has 0 saturated heterocycles. The Labute approximate surface area is 102 Å². The number of aliphatic carboxylic acids is 2. The highest BCUT2D eigenvalue weighted by atomic mass is 16.4. The Hall–Kier alpha value is -1.10. The summed E-state index contributed by atoms with van der Waals surface area (Å²) in [6, 6.07) is 0. The second kappa shape index (κ2) is 13.0. The normalized spacial score (nSPS) is 11.2. The van der Waals surface area contributed by atoms with Gasteiger partial charge in [0, 0.05) is 6.42 Å². The lowest BCUT2D eigenvalue weighted by molar-refractivity contribution is -0.146. The number of aliphatic hydroxyl groups is 1. The Kier molecular flexibility index (Phi) is 13.9. The van der Waals surface area contributed by atoms with E-state index in [0.29, 0.717) is 6.42 Å². The summed E-state index contributed by atoms with van der Waals surface area (Å²) in [7, 11) is 0. The molecule has 5 heteroatoms. The van der Waals surface area contributed by atoms with Crippen LogP contribution < -0.4 is 0 Å². The molecule has 0 aromatic heterocycles. The zero-order chi connectivity index (χ0) is 13.7. The Bertz CT molecular complexity index is 203. The quantitative estimate of drug-likeness (QED) is 0.573. The molecule has 0 aromatic carbocycles. The SMILES string of the molecule is CCC(O)C(=O)O.CCCCCCCC(=O)O. The summed E-state index contributed by atoms with van der Waals surface area (Å²) in [5, 5.41) is 24.5. The predicted molar refractivity (Wildman–Crippen MR) is 64.9 cm³/mol. The predicted octanol–water partition coefficient (Wildman–Crippen LogP) is 2.27. The lowest BCUT2D eigenvalue weighted by Crippen LogP contribution is -2.17. The van der Waals surface area contributed by atoms with E-state index in [2.05, 4.69) is 6.92 Å². The summed E-state index contributed by atoms with van der Waals surface area (Å²) < 4.78 is 0. The molecule has 0 amide bonds. The van der Waals surface area contributed by atoms with Crippen molar-refractivity contribution in [2.24, 2.45) is 0 Å². The molecule has 0 saturated carbocycles. The number of carboxylic acids is 2. The minimum absolute atomic E-state index is 0.273. The number of carbonyl (C=O) groups is 2. The molecule has 0 aliphatic carbocycles. The van der Waals surface area contributed by atoms with Gasteiger partial charge in [-0.2, -0.15) is 0 Å². The van der Waals surface area contributed by atoms with E-state index in [1.54, 1.807) is 6.92 Å². The fourth-order valence-electron chi connectivity index (χ4n) is 1.05. The summed E-state index contributed by atoms with van der Waals surface area (Å²) in [4.78, 5) is 19.7. The molecule has 0 rings (SSSR count). The van der Waals surface area contributed by atoms with Gasteiger partial charge in [0.05, 0.1) is 0 Å². The molecule has 0 aliphatic heterocycles. The van der Waals surface area contributed by atoms with Crippen molar-refractivity contribution >= 4 is 11.9 Å². The van der Waals surface area contributed by atoms with Gasteiger partial charge in [-0.3, -0.25) is 4.79 Å². The maximum absolute atomic E-state index is 10.0. The molecule has 17 heavy (non-hydrogen) atoms. The summed E-state index contributed by atoms with van der Waals surface area (Å²) in [6.07, 6.45) is 4.98. The van der Waals surface area contributed by atoms with Gasteiger partial charge < -0.3 is 15.3 Å². The fourth-order valence-corrected chi connectivity index (χ4v) is 1.05. The zero-order valence-corrected chi connectivity index (χ0v) is 10.7. The third kappa shape index (κ3) is 17.5. The minimum Gasteiger partial charge on any atom is -0.481 e. The van der Waals surface area contributed by atoms with Gasteiger partial charge in [-0.15, -0.1) is 0 Å². The van der Waals surface area contributed by atoms with Crippen LogP contribution in [0.1, 0.15) is 58.8 Å². The topological polar surface area (TPSA) is 94.8 Å². The van der Waals surface area contributed by atoms with Gasteiger partial charge >= 0.3 is 11.9 Å². The highest BCUT2D eigenvalue weighted by Crippen LogP contribution is 2.04. The number of carboxylic acid groups (broad SMARTS) is 2. The molecule has 102 valence electrons. The second-order valence-corrected chi connectivity index (χ2v) is 3.82. The molecule has 1 atom stereocenters. The first kappa shape index (κ1) is 18.3. The molecule has 5 nitrogen and oxygen atoms in total. The first-order chi connectivity index (χ1) is 7.95. The van der Waals surface area contributed by atoms with Crippen molar-refractivity contribution in [2.75, 3.05) is 0 Å². The van der Waals surface area contributed by atoms with Crippen LogP contribution in [-0.2, 0) is 9.59 Å². The van der Waals surface area contributed by atoms with Crippen LogP contribution in [-0.4, -0.2) is 33.4 Å². The van der Waals surface area contributed by atoms with Crippen LogP contribution in [0, 0.1) is 0 Å². The van der Waals surface area contributed by atoms with Crippen molar-refractivity contribution in [3.8, 4) is 0 Å². The highest BCUT2D eigenvalue weighted by molar-refractivity contribution is 5.71. The van der Waals surface area contributed by atoms with E-state index >= 15 is 0 Å². The zero-order valence-electron chi connectivity index (χ0n) is 10.7. The molecule has 0 heterocycles. The van der Waals surface area contributed by atoms with E-state index in [1.807, 2.05) is 0 Å². The molecule has 0 bridgehead atoms. The highest BCUT2D eigenvalue weighted by Gasteiger charge is 2.07. The number of aliphatic hydroxyl groups excluding tert-OH is 1. The average molecular weight is 248 g/mol. The van der Waals surface area contributed by atoms with E-state index in [1.165, 1.54) is 19.3 Å². The van der Waals surface area contributed by atoms with E-state index < -0.39 is 18.0 Å². The standard InChI is InChI=1S/C8H16O2.C4H8O3/c1-2-3-4-5-6-7-8(9)10;1-2-3(5)4(6)7/h2-7H2,1H3,(H,9,10);3,5H,2H2,1H3,(H,6,7). The largest absolute Gasteiger partial charge is 0.481 e. The Balaban J connectivity index is 0. The molecular formula is C12H24O5. The van der Waals surface area contributed by atoms with Crippen molar-refractivity contribution in [3.05, 3.63) is 0 Å². The van der Waals surface area contributed by atoms with Crippen LogP contribution in [0.2, 0.25) is 0 Å². The molecule has 0 aromatic rings. The summed E-state index contributed by atoms with van der Waals surface area (Å²) >= 11 is 0. The Morgan fingerprint density at radius 1 is 1.00 bits per heavy atom. The van der Waals surface area contributed by atoms with Crippen LogP contribution in [0.25, 0.3) is 0 Å². The number of hydrogen-bond donors (Lipinski definition) is 3. The van der Waals surface area contributed by atoms with E-state index in [0.717, 1.165) is 12.8 Å². The van der Waals surface area contributed by atoms with Gasteiger partial charge in [0.15, 0.2) is 6.10 Å². The van der Waals surface area contributed by atoms with E-state index in [-0.39, 0.29) is 6.42 Å². The summed E-state index contributed by atoms with van der Waals surface area (Å²) in [5.41, 5.74) is 0.